The molecule has 2 unspecified atom stereocenters. The molecule has 0 bridgehead atoms. The Morgan fingerprint density at radius 1 is 1.33 bits per heavy atom. The van der Waals surface area contributed by atoms with E-state index in [4.69, 9.17) is 0 Å². The van der Waals surface area contributed by atoms with E-state index in [9.17, 15) is 14.4 Å². The highest BCUT2D eigenvalue weighted by molar-refractivity contribution is 8.14. The van der Waals surface area contributed by atoms with Gasteiger partial charge in [0, 0.05) is 12.8 Å². The first kappa shape index (κ1) is 10.5. The van der Waals surface area contributed by atoms with Crippen molar-refractivity contribution in [1.29, 1.82) is 0 Å². The smallest absolute Gasteiger partial charge is 0.289 e. The number of carbonyl (C=O) groups is 3. The Hall–Kier alpha value is -1.04. The summed E-state index contributed by atoms with van der Waals surface area (Å²) in [5, 5.41) is -0.287. The number of carbonyl (C=O) groups excluding carboxylic acids is 3. The maximum Gasteiger partial charge on any atom is 0.289 e. The van der Waals surface area contributed by atoms with Gasteiger partial charge < -0.3 is 4.90 Å². The normalized spacial score (nSPS) is 31.2. The number of imide groups is 1. The number of hydrogen-bond donors (Lipinski definition) is 0. The molecular weight excluding hydrogens is 216 g/mol. The Balaban J connectivity index is 2.35. The van der Waals surface area contributed by atoms with Crippen molar-refractivity contribution in [3.63, 3.8) is 0 Å². The van der Waals surface area contributed by atoms with Crippen LogP contribution >= 0.6 is 11.8 Å². The van der Waals surface area contributed by atoms with Crippen LogP contribution in [-0.2, 0) is 9.59 Å². The van der Waals surface area contributed by atoms with E-state index in [1.807, 2.05) is 6.92 Å². The quantitative estimate of drug-likeness (QED) is 0.647. The van der Waals surface area contributed by atoms with Crippen LogP contribution < -0.4 is 0 Å². The molecule has 0 N–H and O–H groups in total. The number of rotatable bonds is 1. The zero-order valence-corrected chi connectivity index (χ0v) is 9.41. The van der Waals surface area contributed by atoms with Gasteiger partial charge in [-0.05, 0) is 6.42 Å². The second kappa shape index (κ2) is 3.52. The van der Waals surface area contributed by atoms with Crippen LogP contribution in [-0.4, -0.2) is 51.7 Å². The average molecular weight is 228 g/mol. The van der Waals surface area contributed by atoms with Crippen molar-refractivity contribution in [3.05, 3.63) is 0 Å². The molecule has 6 heteroatoms. The van der Waals surface area contributed by atoms with Crippen molar-refractivity contribution in [2.75, 3.05) is 12.8 Å². The summed E-state index contributed by atoms with van der Waals surface area (Å²) in [4.78, 5) is 37.8. The number of nitrogens with zero attached hydrogens (tertiary/aromatic N) is 2. The van der Waals surface area contributed by atoms with Crippen molar-refractivity contribution < 1.29 is 14.4 Å². The third-order valence-corrected chi connectivity index (χ3v) is 3.81. The van der Waals surface area contributed by atoms with Gasteiger partial charge >= 0.3 is 0 Å². The second-order valence-electron chi connectivity index (χ2n) is 3.67. The highest BCUT2D eigenvalue weighted by Gasteiger charge is 2.50. The minimum absolute atomic E-state index is 0.125. The van der Waals surface area contributed by atoms with Gasteiger partial charge in [0.25, 0.3) is 11.1 Å². The van der Waals surface area contributed by atoms with Crippen LogP contribution in [0.4, 0.5) is 4.79 Å². The van der Waals surface area contributed by atoms with Gasteiger partial charge in [0.1, 0.15) is 12.1 Å². The fraction of sp³-hybridized carbons (Fsp3) is 0.667. The molecule has 0 radical (unpaired) electrons. The average Bonchev–Trinajstić information content (AvgIpc) is 2.58. The van der Waals surface area contributed by atoms with Crippen molar-refractivity contribution in [3.8, 4) is 0 Å². The molecule has 0 spiro atoms. The minimum atomic E-state index is -0.567. The highest BCUT2D eigenvalue weighted by atomic mass is 32.2. The molecule has 0 aromatic carbocycles. The van der Waals surface area contributed by atoms with E-state index in [0.29, 0.717) is 12.2 Å². The molecule has 82 valence electrons. The van der Waals surface area contributed by atoms with E-state index >= 15 is 0 Å². The molecule has 2 rings (SSSR count). The third-order valence-electron chi connectivity index (χ3n) is 2.88. The first-order chi connectivity index (χ1) is 7.07. The SMILES string of the molecule is CCC1C(=O)N2C(=O)SCC2C(=O)N1C. The molecule has 5 nitrogen and oxygen atoms in total. The molecular formula is C9H12N2O3S. The standard InChI is InChI=1S/C9H12N2O3S/c1-3-5-8(13)11-6(4-15-9(11)14)7(12)10(5)2/h5-6H,3-4H2,1-2H3. The van der Waals surface area contributed by atoms with Crippen LogP contribution in [0, 0.1) is 0 Å². The summed E-state index contributed by atoms with van der Waals surface area (Å²) in [5.74, 6) is 0.0314. The molecule has 2 atom stereocenters. The van der Waals surface area contributed by atoms with Gasteiger partial charge in [-0.1, -0.05) is 18.7 Å². The number of thioether (sulfide) groups is 1. The van der Waals surface area contributed by atoms with E-state index in [-0.39, 0.29) is 17.1 Å². The molecule has 0 aromatic heterocycles. The van der Waals surface area contributed by atoms with Gasteiger partial charge in [0.05, 0.1) is 0 Å². The lowest BCUT2D eigenvalue weighted by atomic mass is 10.1. The summed E-state index contributed by atoms with van der Waals surface area (Å²) in [6.45, 7) is 1.83. The fourth-order valence-corrected chi connectivity index (χ4v) is 2.96. The predicted molar refractivity (Wildman–Crippen MR) is 55.3 cm³/mol. The maximum atomic E-state index is 11.9. The number of amides is 3. The van der Waals surface area contributed by atoms with E-state index in [2.05, 4.69) is 0 Å². The van der Waals surface area contributed by atoms with Crippen LogP contribution in [0.5, 0.6) is 0 Å². The van der Waals surface area contributed by atoms with Crippen molar-refractivity contribution >= 4 is 28.8 Å². The Morgan fingerprint density at radius 3 is 2.60 bits per heavy atom. The molecule has 3 amide bonds. The first-order valence-electron chi connectivity index (χ1n) is 4.84. The van der Waals surface area contributed by atoms with E-state index in [1.54, 1.807) is 7.05 Å². The summed E-state index contributed by atoms with van der Waals surface area (Å²) < 4.78 is 0. The van der Waals surface area contributed by atoms with Crippen LogP contribution in [0.3, 0.4) is 0 Å². The lowest BCUT2D eigenvalue weighted by Crippen LogP contribution is -2.62. The van der Waals surface area contributed by atoms with Gasteiger partial charge in [-0.3, -0.25) is 19.3 Å². The summed E-state index contributed by atoms with van der Waals surface area (Å²) >= 11 is 1.04. The predicted octanol–water partition coefficient (Wildman–Crippen LogP) is 0.301. The number of likely N-dealkylation sites (N-methyl/N-ethyl adjacent to an activating group) is 1. The van der Waals surface area contributed by atoms with Crippen molar-refractivity contribution in [2.24, 2.45) is 0 Å². The molecule has 2 saturated heterocycles. The number of piperazine rings is 1. The zero-order valence-electron chi connectivity index (χ0n) is 8.60. The number of fused-ring (bicyclic) bond motifs is 1. The molecule has 0 saturated carbocycles. The molecule has 2 aliphatic rings. The molecule has 0 aromatic rings. The Kier molecular flexibility index (Phi) is 2.46. The highest BCUT2D eigenvalue weighted by Crippen LogP contribution is 2.30. The van der Waals surface area contributed by atoms with Gasteiger partial charge in [-0.25, -0.2) is 0 Å². The molecule has 0 aliphatic carbocycles. The van der Waals surface area contributed by atoms with Crippen LogP contribution in [0.2, 0.25) is 0 Å². The topological polar surface area (TPSA) is 57.7 Å². The first-order valence-corrected chi connectivity index (χ1v) is 5.83. The van der Waals surface area contributed by atoms with Crippen LogP contribution in [0.1, 0.15) is 13.3 Å². The molecule has 2 aliphatic heterocycles. The monoisotopic (exact) mass is 228 g/mol. The summed E-state index contributed by atoms with van der Waals surface area (Å²) in [5.41, 5.74) is 0. The Morgan fingerprint density at radius 2 is 2.00 bits per heavy atom. The largest absolute Gasteiger partial charge is 0.332 e. The fourth-order valence-electron chi connectivity index (χ4n) is 2.01. The lowest BCUT2D eigenvalue weighted by Gasteiger charge is -2.38. The van der Waals surface area contributed by atoms with Crippen LogP contribution in [0.25, 0.3) is 0 Å². The van der Waals surface area contributed by atoms with E-state index < -0.39 is 12.1 Å². The summed E-state index contributed by atoms with van der Waals surface area (Å²) in [6, 6.07) is -1.04. The number of hydrogen-bond acceptors (Lipinski definition) is 4. The third kappa shape index (κ3) is 1.35. The maximum absolute atomic E-state index is 11.9. The lowest BCUT2D eigenvalue weighted by molar-refractivity contribution is -0.154. The molecule has 2 fully saturated rings. The Bertz CT molecular complexity index is 344. The van der Waals surface area contributed by atoms with Gasteiger partial charge in [0.2, 0.25) is 5.91 Å². The van der Waals surface area contributed by atoms with Gasteiger partial charge in [-0.15, -0.1) is 0 Å². The summed E-state index contributed by atoms with van der Waals surface area (Å²) in [7, 11) is 1.62. The Labute approximate surface area is 91.8 Å². The van der Waals surface area contributed by atoms with Crippen molar-refractivity contribution in [1.82, 2.24) is 9.80 Å². The minimum Gasteiger partial charge on any atom is -0.332 e. The summed E-state index contributed by atoms with van der Waals surface area (Å²) in [6.07, 6.45) is 0.544. The van der Waals surface area contributed by atoms with Gasteiger partial charge in [0.15, 0.2) is 0 Å². The van der Waals surface area contributed by atoms with Crippen LogP contribution in [0.15, 0.2) is 0 Å². The second-order valence-corrected chi connectivity index (χ2v) is 4.65. The molecule has 15 heavy (non-hydrogen) atoms. The van der Waals surface area contributed by atoms with E-state index in [0.717, 1.165) is 16.7 Å². The van der Waals surface area contributed by atoms with Crippen molar-refractivity contribution in [2.45, 2.75) is 25.4 Å². The van der Waals surface area contributed by atoms with Gasteiger partial charge in [-0.2, -0.15) is 0 Å². The zero-order chi connectivity index (χ0) is 11.2. The van der Waals surface area contributed by atoms with E-state index in [1.165, 1.54) is 4.90 Å². The molecule has 2 heterocycles.